The molecule has 0 saturated carbocycles. The van der Waals surface area contributed by atoms with Crippen molar-refractivity contribution < 1.29 is 9.59 Å². The highest BCUT2D eigenvalue weighted by Gasteiger charge is 2.22. The smallest absolute Gasteiger partial charge is 0.220 e. The van der Waals surface area contributed by atoms with E-state index in [0.29, 0.717) is 12.1 Å². The van der Waals surface area contributed by atoms with Crippen LogP contribution in [0.1, 0.15) is 66.1 Å². The van der Waals surface area contributed by atoms with Crippen molar-refractivity contribution in [2.24, 2.45) is 0 Å². The molecule has 0 aliphatic carbocycles. The van der Waals surface area contributed by atoms with Crippen LogP contribution in [-0.4, -0.2) is 41.2 Å². The molecule has 1 N–H and O–H groups in total. The average Bonchev–Trinajstić information content (AvgIpc) is 3.03. The number of carbonyl (C=O) groups is 2. The molecule has 1 saturated heterocycles. The molecule has 0 radical (unpaired) electrons. The van der Waals surface area contributed by atoms with E-state index in [1.54, 1.807) is 24.5 Å². The second-order valence-corrected chi connectivity index (χ2v) is 7.85. The van der Waals surface area contributed by atoms with Gasteiger partial charge in [-0.25, -0.2) is 0 Å². The lowest BCUT2D eigenvalue weighted by Gasteiger charge is -2.31. The molecule has 2 aromatic rings. The number of hydrogen-bond acceptors (Lipinski definition) is 4. The number of likely N-dealkylation sites (tertiary alicyclic amines) is 1. The molecule has 154 valence electrons. The number of benzene rings is 1. The Kier molecular flexibility index (Phi) is 7.94. The van der Waals surface area contributed by atoms with Crippen molar-refractivity contribution in [2.45, 2.75) is 51.5 Å². The topological polar surface area (TPSA) is 62.3 Å². The Balaban J connectivity index is 1.57. The van der Waals surface area contributed by atoms with E-state index in [1.165, 1.54) is 36.8 Å². The number of carbonyl (C=O) groups excluding carboxylic acids is 2. The Hall–Kier alpha value is -2.53. The van der Waals surface area contributed by atoms with Crippen LogP contribution in [0.15, 0.2) is 48.8 Å². The number of amides is 1. The van der Waals surface area contributed by atoms with Gasteiger partial charge in [-0.2, -0.15) is 0 Å². The summed E-state index contributed by atoms with van der Waals surface area (Å²) in [6.07, 6.45) is 8.56. The lowest BCUT2D eigenvalue weighted by molar-refractivity contribution is -0.121. The maximum atomic E-state index is 12.4. The third-order valence-electron chi connectivity index (χ3n) is 5.60. The summed E-state index contributed by atoms with van der Waals surface area (Å²) in [5.74, 6) is -0.120. The van der Waals surface area contributed by atoms with Gasteiger partial charge >= 0.3 is 0 Å². The zero-order valence-electron chi connectivity index (χ0n) is 17.3. The lowest BCUT2D eigenvalue weighted by atomic mass is 10.0. The minimum absolute atomic E-state index is 0.0455. The monoisotopic (exact) mass is 393 g/mol. The summed E-state index contributed by atoms with van der Waals surface area (Å²) in [4.78, 5) is 31.1. The first-order chi connectivity index (χ1) is 14.1. The van der Waals surface area contributed by atoms with Crippen LogP contribution in [-0.2, 0) is 4.79 Å². The molecule has 0 spiro atoms. The van der Waals surface area contributed by atoms with Gasteiger partial charge in [-0.05, 0) is 50.6 Å². The van der Waals surface area contributed by atoms with E-state index >= 15 is 0 Å². The highest BCUT2D eigenvalue weighted by atomic mass is 16.2. The van der Waals surface area contributed by atoms with E-state index < -0.39 is 0 Å². The molecule has 1 aliphatic heterocycles. The van der Waals surface area contributed by atoms with Gasteiger partial charge in [-0.15, -0.1) is 0 Å². The lowest BCUT2D eigenvalue weighted by Crippen LogP contribution is -2.38. The minimum atomic E-state index is -0.0748. The summed E-state index contributed by atoms with van der Waals surface area (Å²) in [5.41, 5.74) is 3.04. The van der Waals surface area contributed by atoms with Gasteiger partial charge in [0.1, 0.15) is 0 Å². The maximum Gasteiger partial charge on any atom is 0.220 e. The van der Waals surface area contributed by atoms with Crippen molar-refractivity contribution in [3.63, 3.8) is 0 Å². The number of hydrogen-bond donors (Lipinski definition) is 1. The number of nitrogens with one attached hydrogen (secondary N) is 1. The van der Waals surface area contributed by atoms with Crippen molar-refractivity contribution in [1.29, 1.82) is 0 Å². The van der Waals surface area contributed by atoms with Gasteiger partial charge in [0, 0.05) is 37.3 Å². The van der Waals surface area contributed by atoms with E-state index in [4.69, 9.17) is 0 Å². The van der Waals surface area contributed by atoms with Crippen LogP contribution in [0.4, 0.5) is 0 Å². The quantitative estimate of drug-likeness (QED) is 0.686. The summed E-state index contributed by atoms with van der Waals surface area (Å²) in [5, 5.41) is 3.07. The normalized spacial score (nSPS) is 16.0. The second kappa shape index (κ2) is 10.9. The maximum absolute atomic E-state index is 12.4. The Morgan fingerprint density at radius 3 is 2.41 bits per heavy atom. The molecule has 1 aromatic heterocycles. The van der Waals surface area contributed by atoms with Crippen molar-refractivity contribution in [3.05, 3.63) is 65.5 Å². The molecular formula is C24H31N3O2. The first-order valence-electron chi connectivity index (χ1n) is 10.6. The fourth-order valence-corrected chi connectivity index (χ4v) is 3.85. The summed E-state index contributed by atoms with van der Waals surface area (Å²) in [6.45, 7) is 4.79. The number of nitrogens with zero attached hydrogens (tertiary/aromatic N) is 2. The highest BCUT2D eigenvalue weighted by molar-refractivity contribution is 5.97. The summed E-state index contributed by atoms with van der Waals surface area (Å²) in [6, 6.07) is 12.3. The highest BCUT2D eigenvalue weighted by Crippen LogP contribution is 2.24. The number of ketones is 1. The predicted octanol–water partition coefficient (Wildman–Crippen LogP) is 4.09. The van der Waals surface area contributed by atoms with Gasteiger partial charge in [-0.3, -0.25) is 19.5 Å². The Labute approximate surface area is 173 Å². The number of Topliss-reactive ketones (excluding diaryl/α,β-unsaturated/α-hetero) is 1. The molecule has 5 heteroatoms. The molecular weight excluding hydrogens is 362 g/mol. The predicted molar refractivity (Wildman–Crippen MR) is 115 cm³/mol. The number of rotatable bonds is 8. The zero-order chi connectivity index (χ0) is 20.5. The third-order valence-corrected chi connectivity index (χ3v) is 5.60. The van der Waals surface area contributed by atoms with Crippen LogP contribution < -0.4 is 5.32 Å². The second-order valence-electron chi connectivity index (χ2n) is 7.85. The first kappa shape index (κ1) is 21.2. The molecule has 3 rings (SSSR count). The van der Waals surface area contributed by atoms with Crippen molar-refractivity contribution in [2.75, 3.05) is 19.6 Å². The van der Waals surface area contributed by atoms with Gasteiger partial charge < -0.3 is 5.32 Å². The van der Waals surface area contributed by atoms with Crippen LogP contribution in [0.5, 0.6) is 0 Å². The fraction of sp³-hybridized carbons (Fsp3) is 0.458. The molecule has 1 unspecified atom stereocenters. The first-order valence-corrected chi connectivity index (χ1v) is 10.6. The largest absolute Gasteiger partial charge is 0.354 e. The van der Waals surface area contributed by atoms with Crippen molar-refractivity contribution in [1.82, 2.24) is 15.2 Å². The zero-order valence-corrected chi connectivity index (χ0v) is 17.3. The van der Waals surface area contributed by atoms with Gasteiger partial charge in [-0.1, -0.05) is 42.7 Å². The van der Waals surface area contributed by atoms with Gasteiger partial charge in [0.25, 0.3) is 0 Å². The van der Waals surface area contributed by atoms with Crippen LogP contribution >= 0.6 is 0 Å². The average molecular weight is 394 g/mol. The molecule has 1 amide bonds. The summed E-state index contributed by atoms with van der Waals surface area (Å²) >= 11 is 0. The Morgan fingerprint density at radius 1 is 1.03 bits per heavy atom. The molecule has 1 aliphatic rings. The van der Waals surface area contributed by atoms with E-state index in [1.807, 2.05) is 0 Å². The van der Waals surface area contributed by atoms with Crippen LogP contribution in [0, 0.1) is 6.92 Å². The molecule has 1 fully saturated rings. The number of aryl methyl sites for hydroxylation is 1. The summed E-state index contributed by atoms with van der Waals surface area (Å²) in [7, 11) is 0. The van der Waals surface area contributed by atoms with Crippen LogP contribution in [0.2, 0.25) is 0 Å². The molecule has 1 atom stereocenters. The minimum Gasteiger partial charge on any atom is -0.354 e. The number of pyridine rings is 1. The summed E-state index contributed by atoms with van der Waals surface area (Å²) < 4.78 is 0. The van der Waals surface area contributed by atoms with Gasteiger partial charge in [0.05, 0.1) is 6.04 Å². The van der Waals surface area contributed by atoms with Crippen molar-refractivity contribution >= 4 is 11.7 Å². The molecule has 29 heavy (non-hydrogen) atoms. The van der Waals surface area contributed by atoms with Crippen LogP contribution in [0.3, 0.4) is 0 Å². The van der Waals surface area contributed by atoms with E-state index in [0.717, 1.165) is 13.1 Å². The number of aromatic nitrogens is 1. The van der Waals surface area contributed by atoms with E-state index in [9.17, 15) is 9.59 Å². The van der Waals surface area contributed by atoms with E-state index in [-0.39, 0.29) is 30.6 Å². The fourth-order valence-electron chi connectivity index (χ4n) is 3.85. The standard InChI is InChI=1S/C24H31N3O2/c1-19-8-10-20(11-9-19)22(27-15-4-2-3-5-16-27)18-26-24(29)13-12-23(28)21-7-6-14-25-17-21/h6-11,14,17,22H,2-5,12-13,15-16,18H2,1H3,(H,26,29). The third kappa shape index (κ3) is 6.50. The molecule has 0 bridgehead atoms. The van der Waals surface area contributed by atoms with E-state index in [2.05, 4.69) is 46.4 Å². The SMILES string of the molecule is Cc1ccc(C(CNC(=O)CCC(=O)c2cccnc2)N2CCCCCC2)cc1. The van der Waals surface area contributed by atoms with Crippen LogP contribution in [0.25, 0.3) is 0 Å². The Bertz CT molecular complexity index is 782. The molecule has 2 heterocycles. The van der Waals surface area contributed by atoms with Gasteiger partial charge in [0.15, 0.2) is 5.78 Å². The molecule has 1 aromatic carbocycles. The van der Waals surface area contributed by atoms with Gasteiger partial charge in [0.2, 0.25) is 5.91 Å². The van der Waals surface area contributed by atoms with Crippen molar-refractivity contribution in [3.8, 4) is 0 Å². The Morgan fingerprint density at radius 2 is 1.76 bits per heavy atom. The molecule has 5 nitrogen and oxygen atoms in total.